The minimum Gasteiger partial charge on any atom is -0.355 e. The molecule has 1 aromatic heterocycles. The summed E-state index contributed by atoms with van der Waals surface area (Å²) in [7, 11) is -1.40. The van der Waals surface area contributed by atoms with Gasteiger partial charge in [-0.25, -0.2) is 8.42 Å². The summed E-state index contributed by atoms with van der Waals surface area (Å²) in [6.45, 7) is 4.30. The molecule has 6 nitrogen and oxygen atoms in total. The third-order valence-electron chi connectivity index (χ3n) is 4.92. The average Bonchev–Trinajstić information content (AvgIpc) is 3.01. The minimum atomic E-state index is -3.04. The second-order valence-corrected chi connectivity index (χ2v) is 9.53. The molecule has 27 heavy (non-hydrogen) atoms. The SMILES string of the molecule is CC(C)c1ccc(Nc2ccnc(C(=O)N(C)C3CCS(=O)(=O)C3)c2)cc1. The monoisotopic (exact) mass is 387 g/mol. The van der Waals surface area contributed by atoms with Crippen LogP contribution in [-0.2, 0) is 9.84 Å². The van der Waals surface area contributed by atoms with Crippen molar-refractivity contribution in [1.82, 2.24) is 9.88 Å². The predicted octanol–water partition coefficient (Wildman–Crippen LogP) is 3.21. The summed E-state index contributed by atoms with van der Waals surface area (Å²) in [6, 6.07) is 11.4. The van der Waals surface area contributed by atoms with E-state index in [0.717, 1.165) is 11.4 Å². The van der Waals surface area contributed by atoms with Crippen LogP contribution in [0.3, 0.4) is 0 Å². The number of sulfone groups is 1. The third-order valence-corrected chi connectivity index (χ3v) is 6.67. The van der Waals surface area contributed by atoms with Crippen LogP contribution in [0, 0.1) is 0 Å². The van der Waals surface area contributed by atoms with E-state index < -0.39 is 9.84 Å². The predicted molar refractivity (Wildman–Crippen MR) is 107 cm³/mol. The smallest absolute Gasteiger partial charge is 0.272 e. The number of pyridine rings is 1. The summed E-state index contributed by atoms with van der Waals surface area (Å²) < 4.78 is 23.3. The van der Waals surface area contributed by atoms with E-state index in [1.54, 1.807) is 25.4 Å². The van der Waals surface area contributed by atoms with Gasteiger partial charge >= 0.3 is 0 Å². The van der Waals surface area contributed by atoms with Crippen LogP contribution in [0.1, 0.15) is 42.2 Å². The van der Waals surface area contributed by atoms with Gasteiger partial charge in [-0.1, -0.05) is 26.0 Å². The first kappa shape index (κ1) is 19.4. The van der Waals surface area contributed by atoms with Crippen LogP contribution in [0.15, 0.2) is 42.6 Å². The number of carbonyl (C=O) groups is 1. The topological polar surface area (TPSA) is 79.4 Å². The highest BCUT2D eigenvalue weighted by atomic mass is 32.2. The van der Waals surface area contributed by atoms with Gasteiger partial charge in [-0.05, 0) is 42.2 Å². The molecule has 0 bridgehead atoms. The van der Waals surface area contributed by atoms with Crippen LogP contribution in [0.4, 0.5) is 11.4 Å². The number of benzene rings is 1. The van der Waals surface area contributed by atoms with Crippen molar-refractivity contribution in [2.75, 3.05) is 23.9 Å². The summed E-state index contributed by atoms with van der Waals surface area (Å²) in [6.07, 6.45) is 2.06. The molecule has 144 valence electrons. The van der Waals surface area contributed by atoms with Crippen molar-refractivity contribution in [2.24, 2.45) is 0 Å². The third kappa shape index (κ3) is 4.66. The normalized spacial score (nSPS) is 18.4. The minimum absolute atomic E-state index is 0.0232. The average molecular weight is 388 g/mol. The van der Waals surface area contributed by atoms with Crippen molar-refractivity contribution in [2.45, 2.75) is 32.2 Å². The molecule has 1 aliphatic heterocycles. The number of anilines is 2. The van der Waals surface area contributed by atoms with Crippen molar-refractivity contribution in [3.8, 4) is 0 Å². The molecule has 2 heterocycles. The van der Waals surface area contributed by atoms with Crippen LogP contribution in [0.2, 0.25) is 0 Å². The van der Waals surface area contributed by atoms with Gasteiger partial charge in [0.2, 0.25) is 0 Å². The molecule has 1 atom stereocenters. The zero-order valence-corrected chi connectivity index (χ0v) is 16.7. The fourth-order valence-corrected chi connectivity index (χ4v) is 4.94. The fourth-order valence-electron chi connectivity index (χ4n) is 3.17. The molecule has 0 radical (unpaired) electrons. The Balaban J connectivity index is 1.72. The molecular formula is C20H25N3O3S. The zero-order valence-electron chi connectivity index (χ0n) is 15.8. The molecule has 3 rings (SSSR count). The second kappa shape index (κ2) is 7.68. The summed E-state index contributed by atoms with van der Waals surface area (Å²) >= 11 is 0. The zero-order chi connectivity index (χ0) is 19.6. The number of hydrogen-bond donors (Lipinski definition) is 1. The maximum absolute atomic E-state index is 12.7. The summed E-state index contributed by atoms with van der Waals surface area (Å²) in [5.41, 5.74) is 3.25. The summed E-state index contributed by atoms with van der Waals surface area (Å²) in [5.74, 6) is 0.363. The van der Waals surface area contributed by atoms with Crippen LogP contribution < -0.4 is 5.32 Å². The Labute approximate surface area is 160 Å². The van der Waals surface area contributed by atoms with Crippen LogP contribution in [0.5, 0.6) is 0 Å². The quantitative estimate of drug-likeness (QED) is 0.852. The first-order valence-corrected chi connectivity index (χ1v) is 10.9. The van der Waals surface area contributed by atoms with Crippen molar-refractivity contribution < 1.29 is 13.2 Å². The Bertz CT molecular complexity index is 924. The fraction of sp³-hybridized carbons (Fsp3) is 0.400. The molecule has 1 amide bonds. The highest BCUT2D eigenvalue weighted by Gasteiger charge is 2.33. The van der Waals surface area contributed by atoms with Gasteiger partial charge in [0.1, 0.15) is 5.69 Å². The van der Waals surface area contributed by atoms with E-state index in [2.05, 4.69) is 36.3 Å². The van der Waals surface area contributed by atoms with Gasteiger partial charge in [0.15, 0.2) is 9.84 Å². The lowest BCUT2D eigenvalue weighted by molar-refractivity contribution is 0.0742. The maximum atomic E-state index is 12.7. The molecule has 0 spiro atoms. The summed E-state index contributed by atoms with van der Waals surface area (Å²) in [4.78, 5) is 18.4. The number of amides is 1. The molecule has 0 aliphatic carbocycles. The standard InChI is InChI=1S/C20H25N3O3S/c1-14(2)15-4-6-16(7-5-15)22-17-8-10-21-19(12-17)20(24)23(3)18-9-11-27(25,26)13-18/h4-8,10,12,14,18H,9,11,13H2,1-3H3,(H,21,22). The van der Waals surface area contributed by atoms with Crippen molar-refractivity contribution in [3.05, 3.63) is 53.9 Å². The number of carbonyl (C=O) groups excluding carboxylic acids is 1. The Kier molecular flexibility index (Phi) is 5.51. The van der Waals surface area contributed by atoms with Crippen LogP contribution >= 0.6 is 0 Å². The van der Waals surface area contributed by atoms with Crippen LogP contribution in [0.25, 0.3) is 0 Å². The Morgan fingerprint density at radius 1 is 1.19 bits per heavy atom. The van der Waals surface area contributed by atoms with E-state index >= 15 is 0 Å². The molecule has 1 aliphatic rings. The molecule has 0 saturated carbocycles. The lowest BCUT2D eigenvalue weighted by Gasteiger charge is -2.23. The van der Waals surface area contributed by atoms with Gasteiger partial charge < -0.3 is 10.2 Å². The first-order valence-electron chi connectivity index (χ1n) is 9.06. The van der Waals surface area contributed by atoms with E-state index in [1.165, 1.54) is 10.5 Å². The van der Waals surface area contributed by atoms with Crippen molar-refractivity contribution in [3.63, 3.8) is 0 Å². The van der Waals surface area contributed by atoms with Gasteiger partial charge in [0.25, 0.3) is 5.91 Å². The highest BCUT2D eigenvalue weighted by Crippen LogP contribution is 2.22. The molecule has 1 aromatic carbocycles. The lowest BCUT2D eigenvalue weighted by Crippen LogP contribution is -2.38. The molecule has 1 fully saturated rings. The van der Waals surface area contributed by atoms with E-state index in [4.69, 9.17) is 0 Å². The Morgan fingerprint density at radius 2 is 1.89 bits per heavy atom. The van der Waals surface area contributed by atoms with E-state index in [9.17, 15) is 13.2 Å². The van der Waals surface area contributed by atoms with Gasteiger partial charge in [-0.2, -0.15) is 0 Å². The maximum Gasteiger partial charge on any atom is 0.272 e. The van der Waals surface area contributed by atoms with E-state index in [1.807, 2.05) is 12.1 Å². The van der Waals surface area contributed by atoms with Gasteiger partial charge in [0.05, 0.1) is 11.5 Å². The number of nitrogens with zero attached hydrogens (tertiary/aromatic N) is 2. The van der Waals surface area contributed by atoms with Gasteiger partial charge in [-0.3, -0.25) is 9.78 Å². The number of nitrogens with one attached hydrogen (secondary N) is 1. The van der Waals surface area contributed by atoms with Gasteiger partial charge in [0, 0.05) is 30.7 Å². The highest BCUT2D eigenvalue weighted by molar-refractivity contribution is 7.91. The van der Waals surface area contributed by atoms with Crippen LogP contribution in [-0.4, -0.2) is 48.8 Å². The molecule has 1 N–H and O–H groups in total. The molecule has 1 saturated heterocycles. The molecule has 2 aromatic rings. The number of hydrogen-bond acceptors (Lipinski definition) is 5. The first-order chi connectivity index (χ1) is 12.7. The Morgan fingerprint density at radius 3 is 2.48 bits per heavy atom. The largest absolute Gasteiger partial charge is 0.355 e. The van der Waals surface area contributed by atoms with E-state index in [-0.39, 0.29) is 23.5 Å². The number of rotatable bonds is 5. The molecular weight excluding hydrogens is 362 g/mol. The second-order valence-electron chi connectivity index (χ2n) is 7.30. The Hall–Kier alpha value is -2.41. The van der Waals surface area contributed by atoms with Crippen molar-refractivity contribution >= 4 is 27.1 Å². The molecule has 1 unspecified atom stereocenters. The lowest BCUT2D eigenvalue weighted by atomic mass is 10.0. The van der Waals surface area contributed by atoms with E-state index in [0.29, 0.717) is 18.0 Å². The van der Waals surface area contributed by atoms with Crippen molar-refractivity contribution in [1.29, 1.82) is 0 Å². The molecule has 7 heteroatoms. The van der Waals surface area contributed by atoms with Gasteiger partial charge in [-0.15, -0.1) is 0 Å². The number of aromatic nitrogens is 1. The summed E-state index contributed by atoms with van der Waals surface area (Å²) in [5, 5.41) is 3.28.